The van der Waals surface area contributed by atoms with Crippen molar-refractivity contribution in [3.63, 3.8) is 0 Å². The largest absolute Gasteiger partial charge is 0.387 e. The molecule has 0 spiro atoms. The van der Waals surface area contributed by atoms with Gasteiger partial charge < -0.3 is 24.8 Å². The molecule has 6 heteroatoms. The first-order valence-electron chi connectivity index (χ1n) is 4.80. The van der Waals surface area contributed by atoms with Crippen LogP contribution in [0, 0.1) is 0 Å². The summed E-state index contributed by atoms with van der Waals surface area (Å²) in [5.41, 5.74) is 0. The quantitative estimate of drug-likeness (QED) is 0.531. The number of hydrogen-bond donors (Lipinski definition) is 3. The van der Waals surface area contributed by atoms with Gasteiger partial charge in [-0.3, -0.25) is 4.79 Å². The van der Waals surface area contributed by atoms with E-state index in [1.54, 1.807) is 6.92 Å². The van der Waals surface area contributed by atoms with Gasteiger partial charge in [0.15, 0.2) is 12.1 Å². The molecule has 1 fully saturated rings. The zero-order valence-corrected chi connectivity index (χ0v) is 8.66. The maximum Gasteiger partial charge on any atom is 0.187 e. The van der Waals surface area contributed by atoms with E-state index in [-0.39, 0.29) is 6.61 Å². The van der Waals surface area contributed by atoms with Crippen molar-refractivity contribution in [1.29, 1.82) is 0 Å². The molecule has 5 atom stereocenters. The summed E-state index contributed by atoms with van der Waals surface area (Å²) in [6.07, 6.45) is -6.45. The van der Waals surface area contributed by atoms with Crippen LogP contribution in [0.25, 0.3) is 0 Å². The first-order chi connectivity index (χ1) is 6.99. The molecule has 0 aromatic carbocycles. The highest BCUT2D eigenvalue weighted by molar-refractivity contribution is 5.81. The lowest BCUT2D eigenvalue weighted by Crippen LogP contribution is -2.60. The second-order valence-electron chi connectivity index (χ2n) is 3.46. The summed E-state index contributed by atoms with van der Waals surface area (Å²) in [7, 11) is 0. The molecule has 1 rings (SSSR count). The van der Waals surface area contributed by atoms with E-state index in [1.165, 1.54) is 6.92 Å². The number of carbonyl (C=O) groups is 1. The van der Waals surface area contributed by atoms with Crippen LogP contribution in [0.5, 0.6) is 0 Å². The minimum Gasteiger partial charge on any atom is -0.387 e. The molecule has 0 aromatic rings. The van der Waals surface area contributed by atoms with Crippen LogP contribution in [0.3, 0.4) is 0 Å². The number of hydrogen-bond acceptors (Lipinski definition) is 6. The average molecular weight is 220 g/mol. The van der Waals surface area contributed by atoms with E-state index in [0.717, 1.165) is 0 Å². The van der Waals surface area contributed by atoms with Crippen molar-refractivity contribution in [1.82, 2.24) is 0 Å². The third kappa shape index (κ3) is 2.53. The van der Waals surface area contributed by atoms with Gasteiger partial charge in [0.1, 0.15) is 24.4 Å². The third-order valence-corrected chi connectivity index (χ3v) is 2.30. The van der Waals surface area contributed by atoms with Gasteiger partial charge in [0.2, 0.25) is 0 Å². The van der Waals surface area contributed by atoms with Gasteiger partial charge >= 0.3 is 0 Å². The number of ketones is 1. The minimum absolute atomic E-state index is 0.273. The Morgan fingerprint density at radius 2 is 1.87 bits per heavy atom. The van der Waals surface area contributed by atoms with Crippen molar-refractivity contribution >= 4 is 5.78 Å². The summed E-state index contributed by atoms with van der Waals surface area (Å²) in [6.45, 7) is 3.20. The number of carbonyl (C=O) groups excluding carboxylic acids is 1. The lowest BCUT2D eigenvalue weighted by atomic mass is 9.97. The van der Waals surface area contributed by atoms with Crippen LogP contribution < -0.4 is 0 Å². The van der Waals surface area contributed by atoms with Gasteiger partial charge in [0, 0.05) is 6.61 Å². The summed E-state index contributed by atoms with van der Waals surface area (Å²) in [6, 6.07) is 0. The van der Waals surface area contributed by atoms with Crippen molar-refractivity contribution in [3.05, 3.63) is 0 Å². The molecular weight excluding hydrogens is 204 g/mol. The van der Waals surface area contributed by atoms with E-state index in [9.17, 15) is 20.1 Å². The monoisotopic (exact) mass is 220 g/mol. The van der Waals surface area contributed by atoms with E-state index in [2.05, 4.69) is 0 Å². The van der Waals surface area contributed by atoms with Gasteiger partial charge in [-0.2, -0.15) is 0 Å². The lowest BCUT2D eigenvalue weighted by molar-refractivity contribution is -0.288. The number of rotatable bonds is 3. The average Bonchev–Trinajstić information content (AvgIpc) is 2.18. The smallest absolute Gasteiger partial charge is 0.187 e. The molecule has 0 amide bonds. The summed E-state index contributed by atoms with van der Waals surface area (Å²) in [5.74, 6) is -0.418. The maximum atomic E-state index is 11.1. The molecule has 1 saturated heterocycles. The standard InChI is InChI=1S/C9H16O6/c1-3-14-9-7(13)5(11)6(12)8(15-9)4(2)10/h5-9,11-13H,3H2,1-2H3/t5-,6-,7+,8+,9+/m0/s1. The molecule has 1 aliphatic heterocycles. The van der Waals surface area contributed by atoms with Crippen molar-refractivity contribution < 1.29 is 29.6 Å². The Balaban J connectivity index is 2.75. The molecule has 88 valence electrons. The fourth-order valence-electron chi connectivity index (χ4n) is 1.49. The van der Waals surface area contributed by atoms with Crippen molar-refractivity contribution in [2.75, 3.05) is 6.61 Å². The number of aliphatic hydroxyl groups is 3. The summed E-state index contributed by atoms with van der Waals surface area (Å²) in [5, 5.41) is 28.4. The van der Waals surface area contributed by atoms with E-state index in [4.69, 9.17) is 9.47 Å². The van der Waals surface area contributed by atoms with Crippen molar-refractivity contribution in [2.45, 2.75) is 44.6 Å². The molecule has 0 aliphatic carbocycles. The van der Waals surface area contributed by atoms with E-state index < -0.39 is 36.5 Å². The summed E-state index contributed by atoms with van der Waals surface area (Å²) in [4.78, 5) is 11.1. The molecule has 0 aromatic heterocycles. The first-order valence-corrected chi connectivity index (χ1v) is 4.80. The highest BCUT2D eigenvalue weighted by Gasteiger charge is 2.45. The Labute approximate surface area is 87.4 Å². The van der Waals surface area contributed by atoms with E-state index in [0.29, 0.717) is 0 Å². The molecular formula is C9H16O6. The van der Waals surface area contributed by atoms with E-state index >= 15 is 0 Å². The molecule has 0 radical (unpaired) electrons. The first kappa shape index (κ1) is 12.5. The molecule has 0 saturated carbocycles. The van der Waals surface area contributed by atoms with E-state index in [1.807, 2.05) is 0 Å². The second-order valence-corrected chi connectivity index (χ2v) is 3.46. The van der Waals surface area contributed by atoms with Crippen LogP contribution in [0.1, 0.15) is 13.8 Å². The van der Waals surface area contributed by atoms with Crippen LogP contribution in [0.4, 0.5) is 0 Å². The Bertz CT molecular complexity index is 231. The van der Waals surface area contributed by atoms with Gasteiger partial charge in [-0.25, -0.2) is 0 Å². The van der Waals surface area contributed by atoms with Crippen LogP contribution in [0.15, 0.2) is 0 Å². The van der Waals surface area contributed by atoms with Crippen LogP contribution >= 0.6 is 0 Å². The Hall–Kier alpha value is -0.530. The summed E-state index contributed by atoms with van der Waals surface area (Å²) < 4.78 is 10.1. The topological polar surface area (TPSA) is 96.2 Å². The Morgan fingerprint density at radius 1 is 1.27 bits per heavy atom. The van der Waals surface area contributed by atoms with Crippen LogP contribution in [-0.2, 0) is 14.3 Å². The predicted octanol–water partition coefficient (Wildman–Crippen LogP) is -1.58. The maximum absolute atomic E-state index is 11.1. The number of aliphatic hydroxyl groups excluding tert-OH is 3. The molecule has 1 heterocycles. The Morgan fingerprint density at radius 3 is 2.33 bits per heavy atom. The number of Topliss-reactive ketones (excluding diaryl/α,β-unsaturated/α-hetero) is 1. The fraction of sp³-hybridized carbons (Fsp3) is 0.889. The highest BCUT2D eigenvalue weighted by atomic mass is 16.7. The lowest BCUT2D eigenvalue weighted by Gasteiger charge is -2.39. The molecule has 6 nitrogen and oxygen atoms in total. The van der Waals surface area contributed by atoms with Crippen molar-refractivity contribution in [2.24, 2.45) is 0 Å². The zero-order chi connectivity index (χ0) is 11.6. The molecule has 3 N–H and O–H groups in total. The zero-order valence-electron chi connectivity index (χ0n) is 8.66. The second kappa shape index (κ2) is 5.00. The number of ether oxygens (including phenoxy) is 2. The minimum atomic E-state index is -1.44. The predicted molar refractivity (Wildman–Crippen MR) is 49.0 cm³/mol. The van der Waals surface area contributed by atoms with Gasteiger partial charge in [0.25, 0.3) is 0 Å². The molecule has 15 heavy (non-hydrogen) atoms. The van der Waals surface area contributed by atoms with Gasteiger partial charge in [-0.15, -0.1) is 0 Å². The van der Waals surface area contributed by atoms with Crippen molar-refractivity contribution in [3.8, 4) is 0 Å². The van der Waals surface area contributed by atoms with Gasteiger partial charge in [0.05, 0.1) is 0 Å². The highest BCUT2D eigenvalue weighted by Crippen LogP contribution is 2.22. The fourth-order valence-corrected chi connectivity index (χ4v) is 1.49. The van der Waals surface area contributed by atoms with Crippen LogP contribution in [-0.4, -0.2) is 58.4 Å². The van der Waals surface area contributed by atoms with Gasteiger partial charge in [-0.1, -0.05) is 0 Å². The van der Waals surface area contributed by atoms with Gasteiger partial charge in [-0.05, 0) is 13.8 Å². The Kier molecular flexibility index (Phi) is 4.18. The van der Waals surface area contributed by atoms with Crippen LogP contribution in [0.2, 0.25) is 0 Å². The molecule has 1 aliphatic rings. The summed E-state index contributed by atoms with van der Waals surface area (Å²) >= 11 is 0. The molecule has 0 unspecified atom stereocenters. The normalized spacial score (nSPS) is 41.5. The third-order valence-electron chi connectivity index (χ3n) is 2.30. The molecule has 0 bridgehead atoms. The SMILES string of the molecule is CCO[C@@H]1O[C@H](C(C)=O)[C@@H](O)[C@H](O)[C@H]1O.